The zero-order valence-electron chi connectivity index (χ0n) is 9.45. The molecule has 0 saturated carbocycles. The second-order valence-corrected chi connectivity index (χ2v) is 4.64. The normalized spacial score (nSPS) is 10.1. The molecule has 1 aromatic carbocycles. The van der Waals surface area contributed by atoms with Crippen LogP contribution in [-0.4, -0.2) is 10.9 Å². The molecule has 5 heteroatoms. The molecule has 2 rings (SSSR count). The van der Waals surface area contributed by atoms with Gasteiger partial charge in [-0.3, -0.25) is 9.78 Å². The number of aryl methyl sites for hydroxylation is 2. The molecule has 90 valence electrons. The molecule has 0 spiro atoms. The number of carbonyl (C=O) groups excluding carboxylic acids is 1. The first kappa shape index (κ1) is 13.9. The second-order valence-electron chi connectivity index (χ2n) is 3.72. The molecule has 2 N–H and O–H groups in total. The number of amides is 1. The third kappa shape index (κ3) is 2.42. The van der Waals surface area contributed by atoms with E-state index in [2.05, 4.69) is 20.9 Å². The van der Waals surface area contributed by atoms with Crippen LogP contribution in [-0.2, 0) is 0 Å². The maximum atomic E-state index is 11.3. The van der Waals surface area contributed by atoms with Crippen molar-refractivity contribution in [3.63, 3.8) is 0 Å². The first-order valence-corrected chi connectivity index (χ1v) is 5.66. The Hall–Kier alpha value is -1.13. The number of aromatic nitrogens is 1. The minimum Gasteiger partial charge on any atom is -0.366 e. The molecule has 0 unspecified atom stereocenters. The Bertz CT molecular complexity index is 599. The van der Waals surface area contributed by atoms with Gasteiger partial charge >= 0.3 is 0 Å². The Morgan fingerprint density at radius 1 is 1.35 bits per heavy atom. The van der Waals surface area contributed by atoms with Crippen molar-refractivity contribution >= 4 is 45.1 Å². The summed E-state index contributed by atoms with van der Waals surface area (Å²) in [5.41, 5.74) is 8.32. The minimum absolute atomic E-state index is 0. The fourth-order valence-electron chi connectivity index (χ4n) is 1.91. The average Bonchev–Trinajstić information content (AvgIpc) is 2.19. The predicted octanol–water partition coefficient (Wildman–Crippen LogP) is 3.13. The Morgan fingerprint density at radius 3 is 2.59 bits per heavy atom. The number of nitrogens with zero attached hydrogens (tertiary/aromatic N) is 1. The van der Waals surface area contributed by atoms with Crippen LogP contribution in [0.25, 0.3) is 10.9 Å². The van der Waals surface area contributed by atoms with E-state index in [-0.39, 0.29) is 12.4 Å². The lowest BCUT2D eigenvalue weighted by Gasteiger charge is -2.09. The monoisotopic (exact) mass is 314 g/mol. The van der Waals surface area contributed by atoms with Crippen molar-refractivity contribution in [3.05, 3.63) is 39.5 Å². The van der Waals surface area contributed by atoms with Gasteiger partial charge < -0.3 is 5.73 Å². The van der Waals surface area contributed by atoms with Crippen molar-refractivity contribution in [1.29, 1.82) is 0 Å². The summed E-state index contributed by atoms with van der Waals surface area (Å²) < 4.78 is 0.962. The molecule has 0 aliphatic rings. The highest BCUT2D eigenvalue weighted by Crippen LogP contribution is 2.25. The lowest BCUT2D eigenvalue weighted by atomic mass is 10.0. The molecule has 0 atom stereocenters. The summed E-state index contributed by atoms with van der Waals surface area (Å²) in [7, 11) is 0. The van der Waals surface area contributed by atoms with Gasteiger partial charge in [-0.25, -0.2) is 0 Å². The topological polar surface area (TPSA) is 56.0 Å². The molecule has 0 bridgehead atoms. The van der Waals surface area contributed by atoms with Gasteiger partial charge in [0.2, 0.25) is 0 Å². The molecular weight excluding hydrogens is 304 g/mol. The predicted molar refractivity (Wildman–Crippen MR) is 74.7 cm³/mol. The summed E-state index contributed by atoms with van der Waals surface area (Å²) >= 11 is 3.40. The Labute approximate surface area is 114 Å². The first-order valence-electron chi connectivity index (χ1n) is 4.87. The quantitative estimate of drug-likeness (QED) is 0.879. The van der Waals surface area contributed by atoms with E-state index in [1.165, 1.54) is 0 Å². The summed E-state index contributed by atoms with van der Waals surface area (Å²) in [6.07, 6.45) is 0. The highest BCUT2D eigenvalue weighted by molar-refractivity contribution is 9.10. The van der Waals surface area contributed by atoms with E-state index >= 15 is 0 Å². The second kappa shape index (κ2) is 5.02. The molecule has 0 fully saturated rings. The first-order chi connectivity index (χ1) is 7.50. The van der Waals surface area contributed by atoms with Crippen molar-refractivity contribution in [2.75, 3.05) is 0 Å². The Morgan fingerprint density at radius 2 is 2.00 bits per heavy atom. The Kier molecular flexibility index (Phi) is 4.11. The van der Waals surface area contributed by atoms with Crippen LogP contribution in [0.1, 0.15) is 21.6 Å². The molecular formula is C12H12BrClN2O. The summed E-state index contributed by atoms with van der Waals surface area (Å²) in [4.78, 5) is 15.7. The van der Waals surface area contributed by atoms with Gasteiger partial charge in [0.1, 0.15) is 0 Å². The molecule has 1 heterocycles. The summed E-state index contributed by atoms with van der Waals surface area (Å²) in [5.74, 6) is -0.427. The van der Waals surface area contributed by atoms with Crippen LogP contribution in [0.2, 0.25) is 0 Å². The van der Waals surface area contributed by atoms with E-state index < -0.39 is 5.91 Å². The molecule has 0 saturated heterocycles. The number of carbonyl (C=O) groups is 1. The van der Waals surface area contributed by atoms with Crippen LogP contribution >= 0.6 is 28.3 Å². The van der Waals surface area contributed by atoms with Crippen LogP contribution in [0.4, 0.5) is 0 Å². The lowest BCUT2D eigenvalue weighted by Crippen LogP contribution is -2.15. The van der Waals surface area contributed by atoms with Gasteiger partial charge in [0.05, 0.1) is 16.8 Å². The van der Waals surface area contributed by atoms with E-state index in [0.717, 1.165) is 20.9 Å². The minimum atomic E-state index is -0.427. The van der Waals surface area contributed by atoms with Crippen molar-refractivity contribution < 1.29 is 4.79 Å². The third-order valence-electron chi connectivity index (χ3n) is 2.63. The number of fused-ring (bicyclic) bond motifs is 1. The van der Waals surface area contributed by atoms with E-state index in [0.29, 0.717) is 11.3 Å². The number of primary amides is 1. The van der Waals surface area contributed by atoms with Gasteiger partial charge in [-0.1, -0.05) is 15.9 Å². The van der Waals surface area contributed by atoms with E-state index in [9.17, 15) is 4.79 Å². The van der Waals surface area contributed by atoms with Gasteiger partial charge in [0.15, 0.2) is 0 Å². The van der Waals surface area contributed by atoms with Crippen LogP contribution < -0.4 is 5.73 Å². The molecule has 1 aromatic heterocycles. The van der Waals surface area contributed by atoms with Crippen molar-refractivity contribution in [2.24, 2.45) is 5.73 Å². The van der Waals surface area contributed by atoms with Crippen LogP contribution in [0.3, 0.4) is 0 Å². The number of benzene rings is 1. The molecule has 0 aliphatic carbocycles. The number of halogens is 2. The number of hydrogen-bond acceptors (Lipinski definition) is 2. The number of hydrogen-bond donors (Lipinski definition) is 1. The summed E-state index contributed by atoms with van der Waals surface area (Å²) in [5, 5.41) is 0.953. The SMILES string of the molecule is Cc1nc2ccc(Br)cc2c(C)c1C(N)=O.Cl. The Balaban J connectivity index is 0.00000144. The highest BCUT2D eigenvalue weighted by atomic mass is 79.9. The largest absolute Gasteiger partial charge is 0.366 e. The zero-order valence-corrected chi connectivity index (χ0v) is 11.9. The average molecular weight is 316 g/mol. The van der Waals surface area contributed by atoms with Crippen LogP contribution in [0.15, 0.2) is 22.7 Å². The van der Waals surface area contributed by atoms with Gasteiger partial charge in [-0.05, 0) is 37.6 Å². The molecule has 0 radical (unpaired) electrons. The molecule has 0 aliphatic heterocycles. The van der Waals surface area contributed by atoms with Crippen molar-refractivity contribution in [3.8, 4) is 0 Å². The summed E-state index contributed by atoms with van der Waals surface area (Å²) in [6, 6.07) is 5.80. The standard InChI is InChI=1S/C12H11BrN2O.ClH/c1-6-9-5-8(13)3-4-10(9)15-7(2)11(6)12(14)16;/h3-5H,1-2H3,(H2,14,16);1H. The molecule has 3 nitrogen and oxygen atoms in total. The number of nitrogens with two attached hydrogens (primary N) is 1. The zero-order chi connectivity index (χ0) is 11.9. The van der Waals surface area contributed by atoms with Crippen molar-refractivity contribution in [2.45, 2.75) is 13.8 Å². The maximum Gasteiger partial charge on any atom is 0.250 e. The van der Waals surface area contributed by atoms with Gasteiger partial charge in [0.25, 0.3) is 5.91 Å². The smallest absolute Gasteiger partial charge is 0.250 e. The fourth-order valence-corrected chi connectivity index (χ4v) is 2.27. The van der Waals surface area contributed by atoms with Gasteiger partial charge in [-0.15, -0.1) is 12.4 Å². The van der Waals surface area contributed by atoms with E-state index in [4.69, 9.17) is 5.73 Å². The number of pyridine rings is 1. The third-order valence-corrected chi connectivity index (χ3v) is 3.13. The lowest BCUT2D eigenvalue weighted by molar-refractivity contribution is 0.0999. The van der Waals surface area contributed by atoms with Gasteiger partial charge in [-0.2, -0.15) is 0 Å². The van der Waals surface area contributed by atoms with Crippen LogP contribution in [0, 0.1) is 13.8 Å². The summed E-state index contributed by atoms with van der Waals surface area (Å²) in [6.45, 7) is 3.69. The van der Waals surface area contributed by atoms with Crippen LogP contribution in [0.5, 0.6) is 0 Å². The van der Waals surface area contributed by atoms with E-state index in [1.54, 1.807) is 6.92 Å². The highest BCUT2D eigenvalue weighted by Gasteiger charge is 2.13. The molecule has 1 amide bonds. The number of rotatable bonds is 1. The molecule has 2 aromatic rings. The fraction of sp³-hybridized carbons (Fsp3) is 0.167. The molecule has 17 heavy (non-hydrogen) atoms. The van der Waals surface area contributed by atoms with Gasteiger partial charge in [0, 0.05) is 9.86 Å². The van der Waals surface area contributed by atoms with E-state index in [1.807, 2.05) is 25.1 Å². The van der Waals surface area contributed by atoms with Crippen molar-refractivity contribution in [1.82, 2.24) is 4.98 Å². The maximum absolute atomic E-state index is 11.3.